The van der Waals surface area contributed by atoms with Crippen LogP contribution in [-0.2, 0) is 19.1 Å². The number of aliphatic carboxylic acids is 1. The first-order valence-corrected chi connectivity index (χ1v) is 8.56. The second kappa shape index (κ2) is 12.6. The largest absolute Gasteiger partial charge is 0.481 e. The molecule has 0 radical (unpaired) electrons. The van der Waals surface area contributed by atoms with Crippen molar-refractivity contribution in [1.29, 1.82) is 0 Å². The average molecular weight is 374 g/mol. The quantitative estimate of drug-likeness (QED) is 0.317. The molecule has 8 heteroatoms. The zero-order chi connectivity index (χ0) is 20.2. The standard InChI is InChI=1S/C18H31FN2O5/c1-6-8-9-13(3)11-20-14(7-2)17(24)21-15(10-16(22)23)18(12-19,25-4)26-5/h8-9,14-15,20H,3,6-7,10-12H2,1-2,4-5H3,(H,21,24)(H,22,23)/b9-8-. The number of carbonyl (C=O) groups is 2. The Morgan fingerprint density at radius 2 is 1.92 bits per heavy atom. The smallest absolute Gasteiger partial charge is 0.305 e. The second-order valence-corrected chi connectivity index (χ2v) is 5.82. The molecule has 3 N–H and O–H groups in total. The number of methoxy groups -OCH3 is 2. The van der Waals surface area contributed by atoms with E-state index >= 15 is 0 Å². The first-order chi connectivity index (χ1) is 12.3. The van der Waals surface area contributed by atoms with Gasteiger partial charge in [-0.25, -0.2) is 4.39 Å². The van der Waals surface area contributed by atoms with Crippen LogP contribution in [0.15, 0.2) is 24.3 Å². The van der Waals surface area contributed by atoms with Gasteiger partial charge >= 0.3 is 5.97 Å². The zero-order valence-electron chi connectivity index (χ0n) is 16.0. The number of rotatable bonds is 14. The highest BCUT2D eigenvalue weighted by molar-refractivity contribution is 5.82. The number of halogens is 1. The molecule has 0 aliphatic rings. The second-order valence-electron chi connectivity index (χ2n) is 5.82. The molecule has 0 fully saturated rings. The van der Waals surface area contributed by atoms with Gasteiger partial charge in [0.2, 0.25) is 11.7 Å². The summed E-state index contributed by atoms with van der Waals surface area (Å²) < 4.78 is 23.6. The molecule has 1 amide bonds. The van der Waals surface area contributed by atoms with E-state index in [0.29, 0.717) is 13.0 Å². The summed E-state index contributed by atoms with van der Waals surface area (Å²) in [4.78, 5) is 23.7. The summed E-state index contributed by atoms with van der Waals surface area (Å²) in [7, 11) is 2.40. The van der Waals surface area contributed by atoms with Gasteiger partial charge in [-0.1, -0.05) is 32.6 Å². The maximum atomic E-state index is 13.5. The van der Waals surface area contributed by atoms with Gasteiger partial charge in [-0.15, -0.1) is 0 Å². The molecule has 7 nitrogen and oxygen atoms in total. The summed E-state index contributed by atoms with van der Waals surface area (Å²) in [5.41, 5.74) is 0.812. The van der Waals surface area contributed by atoms with E-state index in [1.165, 1.54) is 14.2 Å². The zero-order valence-corrected chi connectivity index (χ0v) is 16.0. The molecular formula is C18H31FN2O5. The number of hydrogen-bond donors (Lipinski definition) is 3. The number of alkyl halides is 1. The summed E-state index contributed by atoms with van der Waals surface area (Å²) in [6, 6.07) is -1.78. The number of carbonyl (C=O) groups excluding carboxylic acids is 1. The molecule has 0 aromatic carbocycles. The maximum Gasteiger partial charge on any atom is 0.305 e. The summed E-state index contributed by atoms with van der Waals surface area (Å²) in [5.74, 6) is -3.53. The van der Waals surface area contributed by atoms with Gasteiger partial charge in [-0.2, -0.15) is 0 Å². The minimum absolute atomic E-state index is 0.398. The molecular weight excluding hydrogens is 343 g/mol. The predicted molar refractivity (Wildman–Crippen MR) is 97.6 cm³/mol. The van der Waals surface area contributed by atoms with Gasteiger partial charge in [0.05, 0.1) is 18.5 Å². The monoisotopic (exact) mass is 374 g/mol. The third kappa shape index (κ3) is 7.63. The van der Waals surface area contributed by atoms with Gasteiger partial charge < -0.3 is 25.2 Å². The molecule has 0 saturated carbocycles. The Balaban J connectivity index is 5.11. The lowest BCUT2D eigenvalue weighted by Gasteiger charge is -2.36. The average Bonchev–Trinajstić information content (AvgIpc) is 2.61. The van der Waals surface area contributed by atoms with E-state index < -0.39 is 42.8 Å². The molecule has 0 aliphatic heterocycles. The highest BCUT2D eigenvalue weighted by Gasteiger charge is 2.42. The van der Waals surface area contributed by atoms with Crippen molar-refractivity contribution < 1.29 is 28.6 Å². The van der Waals surface area contributed by atoms with Crippen molar-refractivity contribution in [2.24, 2.45) is 0 Å². The molecule has 0 aliphatic carbocycles. The minimum atomic E-state index is -1.86. The van der Waals surface area contributed by atoms with Gasteiger partial charge in [0, 0.05) is 20.8 Å². The van der Waals surface area contributed by atoms with E-state index in [1.807, 2.05) is 26.0 Å². The van der Waals surface area contributed by atoms with Gasteiger partial charge in [0.15, 0.2) is 0 Å². The molecule has 150 valence electrons. The van der Waals surface area contributed by atoms with Crippen LogP contribution in [0.3, 0.4) is 0 Å². The fourth-order valence-corrected chi connectivity index (χ4v) is 2.35. The molecule has 0 spiro atoms. The molecule has 0 aromatic rings. The van der Waals surface area contributed by atoms with E-state index in [1.54, 1.807) is 0 Å². The van der Waals surface area contributed by atoms with Crippen LogP contribution in [-0.4, -0.2) is 62.3 Å². The number of ether oxygens (including phenoxy) is 2. The third-order valence-corrected chi connectivity index (χ3v) is 3.99. The van der Waals surface area contributed by atoms with Crippen LogP contribution in [0.1, 0.15) is 33.1 Å². The van der Waals surface area contributed by atoms with Gasteiger partial charge in [-0.05, 0) is 18.4 Å². The summed E-state index contributed by atoms with van der Waals surface area (Å²) in [6.07, 6.45) is 4.63. The summed E-state index contributed by atoms with van der Waals surface area (Å²) in [5, 5.41) is 14.7. The highest BCUT2D eigenvalue weighted by atomic mass is 19.1. The van der Waals surface area contributed by atoms with Gasteiger partial charge in [0.1, 0.15) is 6.67 Å². The SMILES string of the molecule is C=C(/C=C\CC)CNC(CC)C(=O)NC(CC(=O)O)C(CF)(OC)OC. The number of carboxylic acids is 1. The van der Waals surface area contributed by atoms with Gasteiger partial charge in [0.25, 0.3) is 0 Å². The number of allylic oxidation sites excluding steroid dienone is 1. The van der Waals surface area contributed by atoms with Crippen LogP contribution in [0.2, 0.25) is 0 Å². The van der Waals surface area contributed by atoms with Crippen LogP contribution >= 0.6 is 0 Å². The van der Waals surface area contributed by atoms with E-state index in [4.69, 9.17) is 14.6 Å². The Morgan fingerprint density at radius 3 is 2.35 bits per heavy atom. The lowest BCUT2D eigenvalue weighted by molar-refractivity contribution is -0.234. The third-order valence-electron chi connectivity index (χ3n) is 3.99. The van der Waals surface area contributed by atoms with Crippen LogP contribution in [0.5, 0.6) is 0 Å². The van der Waals surface area contributed by atoms with E-state index in [2.05, 4.69) is 17.2 Å². The van der Waals surface area contributed by atoms with Crippen LogP contribution in [0.4, 0.5) is 4.39 Å². The molecule has 0 rings (SSSR count). The number of carboxylic acid groups (broad SMARTS) is 1. The lowest BCUT2D eigenvalue weighted by Crippen LogP contribution is -2.60. The van der Waals surface area contributed by atoms with Gasteiger partial charge in [-0.3, -0.25) is 9.59 Å². The molecule has 26 heavy (non-hydrogen) atoms. The van der Waals surface area contributed by atoms with E-state index in [9.17, 15) is 14.0 Å². The van der Waals surface area contributed by atoms with Crippen molar-refractivity contribution in [3.05, 3.63) is 24.3 Å². The first-order valence-electron chi connectivity index (χ1n) is 8.56. The van der Waals surface area contributed by atoms with Crippen LogP contribution in [0, 0.1) is 0 Å². The molecule has 0 heterocycles. The Kier molecular flexibility index (Phi) is 11.7. The topological polar surface area (TPSA) is 96.9 Å². The summed E-state index contributed by atoms with van der Waals surface area (Å²) >= 11 is 0. The first kappa shape index (κ1) is 24.2. The number of hydrogen-bond acceptors (Lipinski definition) is 5. The van der Waals surface area contributed by atoms with Crippen molar-refractivity contribution in [2.45, 2.75) is 51.0 Å². The van der Waals surface area contributed by atoms with Crippen molar-refractivity contribution >= 4 is 11.9 Å². The van der Waals surface area contributed by atoms with Crippen molar-refractivity contribution in [1.82, 2.24) is 10.6 Å². The predicted octanol–water partition coefficient (Wildman–Crippen LogP) is 1.80. The molecule has 0 bridgehead atoms. The molecule has 0 aromatic heterocycles. The molecule has 0 saturated heterocycles. The van der Waals surface area contributed by atoms with E-state index in [0.717, 1.165) is 12.0 Å². The molecule has 2 unspecified atom stereocenters. The lowest BCUT2D eigenvalue weighted by atomic mass is 10.0. The Hall–Kier alpha value is -1.77. The van der Waals surface area contributed by atoms with Crippen LogP contribution < -0.4 is 10.6 Å². The normalized spacial score (nSPS) is 14.2. The summed E-state index contributed by atoms with van der Waals surface area (Å²) in [6.45, 7) is 6.99. The van der Waals surface area contributed by atoms with E-state index in [-0.39, 0.29) is 0 Å². The Bertz CT molecular complexity index is 484. The van der Waals surface area contributed by atoms with Crippen molar-refractivity contribution in [3.63, 3.8) is 0 Å². The minimum Gasteiger partial charge on any atom is -0.481 e. The van der Waals surface area contributed by atoms with Crippen molar-refractivity contribution in [3.8, 4) is 0 Å². The molecule has 2 atom stereocenters. The Labute approximate surface area is 154 Å². The van der Waals surface area contributed by atoms with Crippen LogP contribution in [0.25, 0.3) is 0 Å². The number of amides is 1. The van der Waals surface area contributed by atoms with Crippen molar-refractivity contribution in [2.75, 3.05) is 27.4 Å². The fraction of sp³-hybridized carbons (Fsp3) is 0.667. The highest BCUT2D eigenvalue weighted by Crippen LogP contribution is 2.20. The fourth-order valence-electron chi connectivity index (χ4n) is 2.35. The Morgan fingerprint density at radius 1 is 1.31 bits per heavy atom. The number of nitrogens with one attached hydrogen (secondary N) is 2. The maximum absolute atomic E-state index is 13.5.